The molecule has 1 fully saturated rings. The normalized spacial score (nSPS) is 15.3. The fourth-order valence-electron chi connectivity index (χ4n) is 2.51. The molecule has 1 aromatic rings. The molecule has 0 radical (unpaired) electrons. The number of rotatable bonds is 6. The van der Waals surface area contributed by atoms with Crippen molar-refractivity contribution in [1.29, 1.82) is 0 Å². The van der Waals surface area contributed by atoms with Gasteiger partial charge in [0.25, 0.3) is 19.8 Å². The van der Waals surface area contributed by atoms with Gasteiger partial charge in [0.2, 0.25) is 11.7 Å². The first-order valence-corrected chi connectivity index (χ1v) is 12.6. The third-order valence-corrected chi connectivity index (χ3v) is 10.2. The van der Waals surface area contributed by atoms with Crippen LogP contribution in [0.15, 0.2) is 4.79 Å². The molecule has 1 aliphatic rings. The fraction of sp³-hybridized carbons (Fsp3) is 0.737. The van der Waals surface area contributed by atoms with Crippen molar-refractivity contribution in [1.82, 2.24) is 14.9 Å². The average Bonchev–Trinajstić information content (AvgIpc) is 2.53. The first-order valence-electron chi connectivity index (χ1n) is 9.71. The summed E-state index contributed by atoms with van der Waals surface area (Å²) in [4.78, 5) is 32.4. The van der Waals surface area contributed by atoms with Gasteiger partial charge >= 0.3 is 0 Å². The van der Waals surface area contributed by atoms with Crippen molar-refractivity contribution in [2.45, 2.75) is 71.1 Å². The maximum absolute atomic E-state index is 13.1. The summed E-state index contributed by atoms with van der Waals surface area (Å²) in [6, 6.07) is 0.163. The number of carbonyl (C=O) groups excluding carboxylic acids is 1. The lowest BCUT2D eigenvalue weighted by Crippen LogP contribution is -2.47. The maximum Gasteiger partial charge on any atom is 0.296 e. The predicted octanol–water partition coefficient (Wildman–Crippen LogP) is 2.90. The van der Waals surface area contributed by atoms with E-state index in [0.717, 1.165) is 19.3 Å². The molecule has 1 N–H and O–H groups in total. The highest BCUT2D eigenvalue weighted by Crippen LogP contribution is 2.37. The first-order chi connectivity index (χ1) is 12.4. The quantitative estimate of drug-likeness (QED) is 0.751. The summed E-state index contributed by atoms with van der Waals surface area (Å²) in [7, 11) is 1.21. The van der Waals surface area contributed by atoms with Crippen LogP contribution in [-0.4, -0.2) is 43.4 Å². The van der Waals surface area contributed by atoms with Gasteiger partial charge in [-0.2, -0.15) is 0 Å². The molecule has 152 valence electrons. The van der Waals surface area contributed by atoms with Crippen LogP contribution in [0.4, 0.5) is 5.95 Å². The highest BCUT2D eigenvalue weighted by molar-refractivity contribution is 6.74. The van der Waals surface area contributed by atoms with E-state index in [4.69, 9.17) is 4.43 Å². The Labute approximate surface area is 163 Å². The van der Waals surface area contributed by atoms with Crippen molar-refractivity contribution in [2.24, 2.45) is 7.05 Å². The Hall–Kier alpha value is -1.83. The van der Waals surface area contributed by atoms with E-state index in [-0.39, 0.29) is 34.0 Å². The summed E-state index contributed by atoms with van der Waals surface area (Å²) in [5.41, 5.74) is -0.214. The molecule has 1 saturated carbocycles. The van der Waals surface area contributed by atoms with E-state index < -0.39 is 8.32 Å². The van der Waals surface area contributed by atoms with Gasteiger partial charge in [-0.05, 0) is 44.3 Å². The third kappa shape index (κ3) is 4.36. The van der Waals surface area contributed by atoms with Crippen molar-refractivity contribution in [3.63, 3.8) is 0 Å². The van der Waals surface area contributed by atoms with Crippen LogP contribution in [0.2, 0.25) is 18.1 Å². The van der Waals surface area contributed by atoms with E-state index in [0.29, 0.717) is 12.5 Å². The van der Waals surface area contributed by atoms with Gasteiger partial charge in [0.15, 0.2) is 5.69 Å². The Morgan fingerprint density at radius 2 is 1.96 bits per heavy atom. The molecule has 0 aliphatic heterocycles. The summed E-state index contributed by atoms with van der Waals surface area (Å²) in [5, 5.41) is 2.90. The topological polar surface area (TPSA) is 76.5 Å². The molecule has 1 amide bonds. The van der Waals surface area contributed by atoms with Crippen molar-refractivity contribution in [2.75, 3.05) is 18.5 Å². The van der Waals surface area contributed by atoms with Crippen LogP contribution in [0, 0.1) is 0 Å². The molecule has 0 aromatic carbocycles. The van der Waals surface area contributed by atoms with E-state index in [9.17, 15) is 9.59 Å². The summed E-state index contributed by atoms with van der Waals surface area (Å²) >= 11 is 0. The zero-order valence-electron chi connectivity index (χ0n) is 18.0. The molecule has 2 rings (SSSR count). The van der Waals surface area contributed by atoms with Crippen molar-refractivity contribution < 1.29 is 9.22 Å². The van der Waals surface area contributed by atoms with Gasteiger partial charge in [-0.1, -0.05) is 20.8 Å². The summed E-state index contributed by atoms with van der Waals surface area (Å²) in [6.45, 7) is 13.1. The monoisotopic (exact) mass is 394 g/mol. The molecule has 1 heterocycles. The summed E-state index contributed by atoms with van der Waals surface area (Å²) in [5.74, 6) is 0.217. The summed E-state index contributed by atoms with van der Waals surface area (Å²) < 4.78 is 7.76. The number of hydrogen-bond acceptors (Lipinski definition) is 5. The lowest BCUT2D eigenvalue weighted by Gasteiger charge is -2.36. The van der Waals surface area contributed by atoms with Crippen molar-refractivity contribution in [3.05, 3.63) is 16.0 Å². The Balaban J connectivity index is 2.56. The average molecular weight is 395 g/mol. The van der Waals surface area contributed by atoms with Crippen LogP contribution >= 0.6 is 0 Å². The second-order valence-electron chi connectivity index (χ2n) is 8.93. The second-order valence-corrected chi connectivity index (χ2v) is 13.7. The van der Waals surface area contributed by atoms with Crippen LogP contribution in [0.25, 0.3) is 0 Å². The molecule has 8 heteroatoms. The Kier molecular flexibility index (Phi) is 6.09. The highest BCUT2D eigenvalue weighted by atomic mass is 28.4. The zero-order valence-corrected chi connectivity index (χ0v) is 19.0. The number of amides is 1. The van der Waals surface area contributed by atoms with E-state index in [1.54, 1.807) is 7.05 Å². The molecule has 0 spiro atoms. The minimum absolute atomic E-state index is 0.0779. The number of nitrogens with zero attached hydrogens (tertiary/aromatic N) is 3. The Morgan fingerprint density at radius 1 is 1.37 bits per heavy atom. The second kappa shape index (κ2) is 7.65. The Bertz CT molecular complexity index is 763. The zero-order chi connectivity index (χ0) is 20.6. The maximum atomic E-state index is 13.1. The molecule has 1 aromatic heterocycles. The van der Waals surface area contributed by atoms with Crippen LogP contribution < -0.4 is 20.2 Å². The molecule has 0 saturated heterocycles. The molecule has 27 heavy (non-hydrogen) atoms. The standard InChI is InChI=1S/C19H34N4O3Si/c1-9-22(5)18-21-14(16(24)20-13-11-10-12-13)15(17(25)23(18)6)26-27(7,8)19(2,3)4/h13H,9-12H2,1-8H3,(H,20,24). The van der Waals surface area contributed by atoms with E-state index in [1.165, 1.54) is 4.57 Å². The molecule has 1 aliphatic carbocycles. The van der Waals surface area contributed by atoms with E-state index in [2.05, 4.69) is 44.2 Å². The molecular formula is C19H34N4O3Si. The fourth-order valence-corrected chi connectivity index (χ4v) is 3.51. The van der Waals surface area contributed by atoms with Gasteiger partial charge in [-0.15, -0.1) is 0 Å². The molecule has 0 unspecified atom stereocenters. The predicted molar refractivity (Wildman–Crippen MR) is 111 cm³/mol. The lowest BCUT2D eigenvalue weighted by molar-refractivity contribution is 0.0909. The van der Waals surface area contributed by atoms with Crippen LogP contribution in [0.5, 0.6) is 5.75 Å². The largest absolute Gasteiger partial charge is 0.538 e. The molecular weight excluding hydrogens is 360 g/mol. The summed E-state index contributed by atoms with van der Waals surface area (Å²) in [6.07, 6.45) is 3.06. The molecule has 0 bridgehead atoms. The van der Waals surface area contributed by atoms with Crippen LogP contribution in [-0.2, 0) is 7.05 Å². The van der Waals surface area contributed by atoms with Gasteiger partial charge in [0.05, 0.1) is 0 Å². The number of nitrogens with one attached hydrogen (secondary N) is 1. The lowest BCUT2D eigenvalue weighted by atomic mass is 9.93. The van der Waals surface area contributed by atoms with Gasteiger partial charge in [0, 0.05) is 26.7 Å². The molecule has 0 atom stereocenters. The van der Waals surface area contributed by atoms with Crippen molar-refractivity contribution in [3.8, 4) is 5.75 Å². The van der Waals surface area contributed by atoms with E-state index in [1.807, 2.05) is 18.9 Å². The number of hydrogen-bond donors (Lipinski definition) is 1. The SMILES string of the molecule is CCN(C)c1nc(C(=O)NC2CCC2)c(O[Si](C)(C)C(C)(C)C)c(=O)n1C. The van der Waals surface area contributed by atoms with Gasteiger partial charge in [-0.3, -0.25) is 14.2 Å². The molecule has 7 nitrogen and oxygen atoms in total. The van der Waals surface area contributed by atoms with Crippen LogP contribution in [0.1, 0.15) is 57.4 Å². The number of anilines is 1. The van der Waals surface area contributed by atoms with Gasteiger partial charge < -0.3 is 14.6 Å². The minimum Gasteiger partial charge on any atom is -0.538 e. The van der Waals surface area contributed by atoms with Gasteiger partial charge in [-0.25, -0.2) is 4.98 Å². The third-order valence-electron chi connectivity index (χ3n) is 5.86. The van der Waals surface area contributed by atoms with E-state index >= 15 is 0 Å². The Morgan fingerprint density at radius 3 is 2.41 bits per heavy atom. The number of carbonyl (C=O) groups is 1. The highest BCUT2D eigenvalue weighted by Gasteiger charge is 2.41. The first kappa shape index (κ1) is 21.5. The smallest absolute Gasteiger partial charge is 0.296 e. The van der Waals surface area contributed by atoms with Gasteiger partial charge in [0.1, 0.15) is 0 Å². The number of aromatic nitrogens is 2. The minimum atomic E-state index is -2.31. The van der Waals surface area contributed by atoms with Crippen LogP contribution in [0.3, 0.4) is 0 Å². The van der Waals surface area contributed by atoms with Crippen molar-refractivity contribution >= 4 is 20.2 Å².